The molecule has 6 heteroatoms. The molecule has 2 heterocycles. The molecule has 0 saturated carbocycles. The van der Waals surface area contributed by atoms with Crippen molar-refractivity contribution >= 4 is 17.0 Å². The van der Waals surface area contributed by atoms with E-state index in [2.05, 4.69) is 10.1 Å². The van der Waals surface area contributed by atoms with E-state index in [4.69, 9.17) is 10.3 Å². The van der Waals surface area contributed by atoms with Crippen LogP contribution in [0.15, 0.2) is 22.7 Å². The van der Waals surface area contributed by atoms with E-state index < -0.39 is 0 Å². The number of nitrogens with two attached hydrogens (primary N) is 1. The lowest BCUT2D eigenvalue weighted by Gasteiger charge is -2.15. The number of nitrogens with zero attached hydrogens (tertiary/aromatic N) is 3. The first-order valence-electron chi connectivity index (χ1n) is 6.35. The summed E-state index contributed by atoms with van der Waals surface area (Å²) in [6, 6.07) is 4.69. The van der Waals surface area contributed by atoms with Crippen LogP contribution in [-0.4, -0.2) is 14.7 Å². The zero-order valence-electron chi connectivity index (χ0n) is 11.5. The zero-order chi connectivity index (χ0) is 14.4. The molecule has 0 radical (unpaired) electrons. The van der Waals surface area contributed by atoms with Crippen LogP contribution >= 0.6 is 0 Å². The van der Waals surface area contributed by atoms with Crippen molar-refractivity contribution in [2.24, 2.45) is 0 Å². The smallest absolute Gasteiger partial charge is 0.201 e. The molecule has 0 aliphatic heterocycles. The summed E-state index contributed by atoms with van der Waals surface area (Å²) in [6.45, 7) is 5.69. The van der Waals surface area contributed by atoms with E-state index in [1.165, 1.54) is 6.07 Å². The highest BCUT2D eigenvalue weighted by Gasteiger charge is 2.22. The van der Waals surface area contributed by atoms with Crippen molar-refractivity contribution in [2.45, 2.75) is 26.8 Å². The van der Waals surface area contributed by atoms with Crippen LogP contribution in [0.1, 0.15) is 30.0 Å². The summed E-state index contributed by atoms with van der Waals surface area (Å²) in [7, 11) is 0. The second kappa shape index (κ2) is 4.33. The van der Waals surface area contributed by atoms with Crippen LogP contribution in [0.25, 0.3) is 11.0 Å². The minimum absolute atomic E-state index is 0.131. The van der Waals surface area contributed by atoms with Gasteiger partial charge in [0.1, 0.15) is 11.3 Å². The number of fused-ring (bicyclic) bond motifs is 1. The van der Waals surface area contributed by atoms with Crippen LogP contribution in [0.5, 0.6) is 0 Å². The normalized spacial score (nSPS) is 13.0. The Kier molecular flexibility index (Phi) is 2.74. The molecule has 3 aromatic rings. The molecule has 0 spiro atoms. The molecule has 2 N–H and O–H groups in total. The molecule has 0 fully saturated rings. The number of aryl methyl sites for hydroxylation is 2. The highest BCUT2D eigenvalue weighted by atomic mass is 19.1. The maximum atomic E-state index is 13.8. The van der Waals surface area contributed by atoms with Crippen molar-refractivity contribution in [3.05, 3.63) is 41.0 Å². The Labute approximate surface area is 115 Å². The first-order chi connectivity index (χ1) is 9.50. The van der Waals surface area contributed by atoms with Gasteiger partial charge in [-0.05, 0) is 32.9 Å². The number of benzene rings is 1. The predicted octanol–water partition coefficient (Wildman–Crippen LogP) is 2.97. The van der Waals surface area contributed by atoms with Crippen molar-refractivity contribution in [1.82, 2.24) is 14.7 Å². The lowest BCUT2D eigenvalue weighted by Crippen LogP contribution is -2.11. The van der Waals surface area contributed by atoms with Gasteiger partial charge >= 0.3 is 0 Å². The summed E-state index contributed by atoms with van der Waals surface area (Å²) in [4.78, 5) is 4.12. The van der Waals surface area contributed by atoms with Gasteiger partial charge in [-0.3, -0.25) is 0 Å². The number of halogens is 1. The molecule has 1 aromatic carbocycles. The van der Waals surface area contributed by atoms with Crippen molar-refractivity contribution in [2.75, 3.05) is 5.73 Å². The van der Waals surface area contributed by atoms with Gasteiger partial charge < -0.3 is 14.8 Å². The van der Waals surface area contributed by atoms with Crippen LogP contribution in [0.2, 0.25) is 0 Å². The summed E-state index contributed by atoms with van der Waals surface area (Å²) in [6.07, 6.45) is 0. The minimum Gasteiger partial charge on any atom is -0.369 e. The van der Waals surface area contributed by atoms with Gasteiger partial charge in [0.25, 0.3) is 0 Å². The largest absolute Gasteiger partial charge is 0.369 e. The summed E-state index contributed by atoms with van der Waals surface area (Å²) in [5.41, 5.74) is 8.65. The van der Waals surface area contributed by atoms with Crippen molar-refractivity contribution < 1.29 is 8.91 Å². The maximum absolute atomic E-state index is 13.8. The van der Waals surface area contributed by atoms with Gasteiger partial charge in [0.2, 0.25) is 5.95 Å². The van der Waals surface area contributed by atoms with E-state index in [1.54, 1.807) is 16.7 Å². The molecule has 1 unspecified atom stereocenters. The van der Waals surface area contributed by atoms with E-state index in [9.17, 15) is 4.39 Å². The second-order valence-electron chi connectivity index (χ2n) is 4.86. The first-order valence-corrected chi connectivity index (χ1v) is 6.35. The first kappa shape index (κ1) is 12.7. The van der Waals surface area contributed by atoms with Crippen LogP contribution in [0.3, 0.4) is 0 Å². The SMILES string of the molecule is Cc1noc(C)c1C(C)n1c(N)nc2c(F)cccc21. The highest BCUT2D eigenvalue weighted by molar-refractivity contribution is 5.79. The second-order valence-corrected chi connectivity index (χ2v) is 4.86. The van der Waals surface area contributed by atoms with Crippen LogP contribution in [0.4, 0.5) is 10.3 Å². The van der Waals surface area contributed by atoms with Gasteiger partial charge in [0.05, 0.1) is 17.3 Å². The third kappa shape index (κ3) is 1.68. The summed E-state index contributed by atoms with van der Waals surface area (Å²) in [5.74, 6) is 0.629. The van der Waals surface area contributed by atoms with Crippen LogP contribution in [-0.2, 0) is 0 Å². The van der Waals surface area contributed by atoms with Gasteiger partial charge in [-0.2, -0.15) is 0 Å². The van der Waals surface area contributed by atoms with Gasteiger partial charge in [0.15, 0.2) is 5.82 Å². The number of anilines is 1. The summed E-state index contributed by atoms with van der Waals surface area (Å²) < 4.78 is 20.8. The Balaban J connectivity index is 2.25. The molecule has 0 aliphatic rings. The molecular weight excluding hydrogens is 259 g/mol. The molecule has 20 heavy (non-hydrogen) atoms. The van der Waals surface area contributed by atoms with Crippen LogP contribution in [0, 0.1) is 19.7 Å². The number of imidazole rings is 1. The molecule has 0 aliphatic carbocycles. The topological polar surface area (TPSA) is 69.9 Å². The fraction of sp³-hybridized carbons (Fsp3) is 0.286. The van der Waals surface area contributed by atoms with E-state index in [-0.39, 0.29) is 23.3 Å². The van der Waals surface area contributed by atoms with E-state index in [1.807, 2.05) is 20.8 Å². The maximum Gasteiger partial charge on any atom is 0.201 e. The number of rotatable bonds is 2. The van der Waals surface area contributed by atoms with Crippen molar-refractivity contribution in [1.29, 1.82) is 0 Å². The van der Waals surface area contributed by atoms with E-state index in [0.29, 0.717) is 5.52 Å². The number of para-hydroxylation sites is 1. The monoisotopic (exact) mass is 274 g/mol. The predicted molar refractivity (Wildman–Crippen MR) is 73.9 cm³/mol. The number of nitrogen functional groups attached to an aromatic ring is 1. The molecule has 0 bridgehead atoms. The average Bonchev–Trinajstić information content (AvgIpc) is 2.90. The summed E-state index contributed by atoms with van der Waals surface area (Å²) in [5, 5.41) is 3.95. The zero-order valence-corrected chi connectivity index (χ0v) is 11.5. The Morgan fingerprint density at radius 2 is 2.10 bits per heavy atom. The van der Waals surface area contributed by atoms with Crippen LogP contribution < -0.4 is 5.73 Å². The number of aromatic nitrogens is 3. The lowest BCUT2D eigenvalue weighted by atomic mass is 10.1. The molecular formula is C14H15FN4O. The Hall–Kier alpha value is -2.37. The standard InChI is InChI=1S/C14H15FN4O/c1-7-12(9(3)20-18-7)8(2)19-11-6-4-5-10(15)13(11)17-14(19)16/h4-6,8H,1-3H3,(H2,16,17). The minimum atomic E-state index is -0.376. The van der Waals surface area contributed by atoms with E-state index in [0.717, 1.165) is 17.0 Å². The third-order valence-electron chi connectivity index (χ3n) is 3.59. The fourth-order valence-corrected chi connectivity index (χ4v) is 2.72. The quantitative estimate of drug-likeness (QED) is 0.780. The Morgan fingerprint density at radius 1 is 1.35 bits per heavy atom. The van der Waals surface area contributed by atoms with Gasteiger partial charge in [0, 0.05) is 5.56 Å². The fourth-order valence-electron chi connectivity index (χ4n) is 2.72. The highest BCUT2D eigenvalue weighted by Crippen LogP contribution is 2.31. The molecule has 2 aromatic heterocycles. The van der Waals surface area contributed by atoms with Gasteiger partial charge in [-0.1, -0.05) is 11.2 Å². The molecule has 0 saturated heterocycles. The van der Waals surface area contributed by atoms with Gasteiger partial charge in [-0.15, -0.1) is 0 Å². The molecule has 0 amide bonds. The molecule has 5 nitrogen and oxygen atoms in total. The van der Waals surface area contributed by atoms with E-state index >= 15 is 0 Å². The number of hydrogen-bond donors (Lipinski definition) is 1. The number of hydrogen-bond acceptors (Lipinski definition) is 4. The Morgan fingerprint density at radius 3 is 2.75 bits per heavy atom. The molecule has 3 rings (SSSR count). The Bertz CT molecular complexity index is 770. The third-order valence-corrected chi connectivity index (χ3v) is 3.59. The summed E-state index contributed by atoms with van der Waals surface area (Å²) >= 11 is 0. The molecule has 1 atom stereocenters. The van der Waals surface area contributed by atoms with Crippen molar-refractivity contribution in [3.8, 4) is 0 Å². The van der Waals surface area contributed by atoms with Gasteiger partial charge in [-0.25, -0.2) is 9.37 Å². The lowest BCUT2D eigenvalue weighted by molar-refractivity contribution is 0.391. The molecule has 104 valence electrons. The average molecular weight is 274 g/mol. The van der Waals surface area contributed by atoms with Crippen molar-refractivity contribution in [3.63, 3.8) is 0 Å².